The molecule has 0 atom stereocenters. The molecule has 0 aromatic heterocycles. The third-order valence-corrected chi connectivity index (χ3v) is 2.72. The van der Waals surface area contributed by atoms with Gasteiger partial charge >= 0.3 is 0 Å². The Labute approximate surface area is 90.2 Å². The molecule has 0 bridgehead atoms. The predicted molar refractivity (Wildman–Crippen MR) is 60.4 cm³/mol. The van der Waals surface area contributed by atoms with Crippen molar-refractivity contribution in [3.63, 3.8) is 0 Å². The fourth-order valence-corrected chi connectivity index (χ4v) is 1.57. The van der Waals surface area contributed by atoms with Crippen molar-refractivity contribution in [2.75, 3.05) is 20.7 Å². The molecule has 0 heterocycles. The van der Waals surface area contributed by atoms with Crippen molar-refractivity contribution in [3.05, 3.63) is 28.3 Å². The molecular formula is C11H16ClNO. The topological polar surface area (TPSA) is 21.3 Å². The summed E-state index contributed by atoms with van der Waals surface area (Å²) in [4.78, 5) is 0. The fourth-order valence-electron chi connectivity index (χ4n) is 1.37. The largest absolute Gasteiger partial charge is 0.497 e. The molecule has 0 aliphatic heterocycles. The second-order valence-corrected chi connectivity index (χ2v) is 3.65. The Bertz CT molecular complexity index is 312. The lowest BCUT2D eigenvalue weighted by Gasteiger charge is -2.09. The lowest BCUT2D eigenvalue weighted by Crippen LogP contribution is -2.10. The van der Waals surface area contributed by atoms with E-state index < -0.39 is 0 Å². The highest BCUT2D eigenvalue weighted by Gasteiger charge is 2.05. The average molecular weight is 214 g/mol. The molecule has 0 spiro atoms. The third-order valence-electron chi connectivity index (χ3n) is 2.18. The second kappa shape index (κ2) is 5.23. The Hall–Kier alpha value is -0.730. The normalized spacial score (nSPS) is 10.3. The Balaban J connectivity index is 2.95. The van der Waals surface area contributed by atoms with Gasteiger partial charge in [-0.25, -0.2) is 0 Å². The molecule has 0 radical (unpaired) electrons. The zero-order valence-electron chi connectivity index (χ0n) is 8.86. The molecule has 0 aliphatic rings. The van der Waals surface area contributed by atoms with Crippen LogP contribution in [0.1, 0.15) is 11.1 Å². The summed E-state index contributed by atoms with van der Waals surface area (Å²) in [6, 6.07) is 3.94. The van der Waals surface area contributed by atoms with Crippen molar-refractivity contribution in [1.82, 2.24) is 5.32 Å². The van der Waals surface area contributed by atoms with Crippen molar-refractivity contribution < 1.29 is 4.74 Å². The van der Waals surface area contributed by atoms with Crippen LogP contribution in [0, 0.1) is 6.92 Å². The standard InChI is InChI=1S/C11H16ClNO/c1-8-6-10(14-3)7-9(11(8)12)4-5-13-2/h6-7,13H,4-5H2,1-3H3. The van der Waals surface area contributed by atoms with E-state index in [1.807, 2.05) is 26.1 Å². The van der Waals surface area contributed by atoms with Gasteiger partial charge in [0.2, 0.25) is 0 Å². The Kier molecular flexibility index (Phi) is 4.23. The summed E-state index contributed by atoms with van der Waals surface area (Å²) in [7, 11) is 3.60. The molecule has 0 saturated carbocycles. The summed E-state index contributed by atoms with van der Waals surface area (Å²) < 4.78 is 5.19. The first-order valence-electron chi connectivity index (χ1n) is 4.66. The summed E-state index contributed by atoms with van der Waals surface area (Å²) >= 11 is 6.17. The van der Waals surface area contributed by atoms with Crippen LogP contribution in [0.15, 0.2) is 12.1 Å². The molecule has 78 valence electrons. The molecule has 3 heteroatoms. The van der Waals surface area contributed by atoms with Crippen LogP contribution in [0.4, 0.5) is 0 Å². The predicted octanol–water partition coefficient (Wildman–Crippen LogP) is 2.42. The molecule has 0 fully saturated rings. The number of benzene rings is 1. The summed E-state index contributed by atoms with van der Waals surface area (Å²) in [5.74, 6) is 0.873. The van der Waals surface area contributed by atoms with E-state index in [0.29, 0.717) is 0 Å². The molecular weight excluding hydrogens is 198 g/mol. The minimum absolute atomic E-state index is 0.848. The zero-order valence-corrected chi connectivity index (χ0v) is 9.61. The smallest absolute Gasteiger partial charge is 0.119 e. The number of methoxy groups -OCH3 is 1. The molecule has 0 amide bonds. The highest BCUT2D eigenvalue weighted by atomic mass is 35.5. The molecule has 14 heavy (non-hydrogen) atoms. The van der Waals surface area contributed by atoms with Crippen LogP contribution >= 0.6 is 11.6 Å². The minimum Gasteiger partial charge on any atom is -0.497 e. The highest BCUT2D eigenvalue weighted by molar-refractivity contribution is 6.32. The third kappa shape index (κ3) is 2.63. The highest BCUT2D eigenvalue weighted by Crippen LogP contribution is 2.26. The van der Waals surface area contributed by atoms with E-state index in [4.69, 9.17) is 16.3 Å². The molecule has 1 rings (SSSR count). The molecule has 1 aromatic carbocycles. The van der Waals surface area contributed by atoms with Crippen molar-refractivity contribution in [3.8, 4) is 5.75 Å². The van der Waals surface area contributed by atoms with E-state index in [1.54, 1.807) is 7.11 Å². The minimum atomic E-state index is 0.848. The maximum atomic E-state index is 6.17. The van der Waals surface area contributed by atoms with E-state index in [-0.39, 0.29) is 0 Å². The van der Waals surface area contributed by atoms with Gasteiger partial charge in [-0.2, -0.15) is 0 Å². The Morgan fingerprint density at radius 3 is 2.71 bits per heavy atom. The number of hydrogen-bond donors (Lipinski definition) is 1. The van der Waals surface area contributed by atoms with Gasteiger partial charge in [0.1, 0.15) is 5.75 Å². The average Bonchev–Trinajstić information content (AvgIpc) is 2.20. The number of likely N-dealkylation sites (N-methyl/N-ethyl adjacent to an activating group) is 1. The van der Waals surface area contributed by atoms with E-state index >= 15 is 0 Å². The quantitative estimate of drug-likeness (QED) is 0.830. The van der Waals surface area contributed by atoms with Gasteiger partial charge in [-0.3, -0.25) is 0 Å². The van der Waals surface area contributed by atoms with Crippen LogP contribution in [0.3, 0.4) is 0 Å². The lowest BCUT2D eigenvalue weighted by atomic mass is 10.1. The van der Waals surface area contributed by atoms with Crippen molar-refractivity contribution >= 4 is 11.6 Å². The number of halogens is 1. The van der Waals surface area contributed by atoms with Crippen LogP contribution in [0.25, 0.3) is 0 Å². The summed E-state index contributed by atoms with van der Waals surface area (Å²) in [6.45, 7) is 2.92. The van der Waals surface area contributed by atoms with Crippen LogP contribution in [0.2, 0.25) is 5.02 Å². The van der Waals surface area contributed by atoms with Crippen molar-refractivity contribution in [2.24, 2.45) is 0 Å². The zero-order chi connectivity index (χ0) is 10.6. The second-order valence-electron chi connectivity index (χ2n) is 3.27. The molecule has 2 nitrogen and oxygen atoms in total. The summed E-state index contributed by atoms with van der Waals surface area (Å²) in [5, 5.41) is 3.95. The Morgan fingerprint density at radius 1 is 1.43 bits per heavy atom. The van der Waals surface area contributed by atoms with E-state index in [1.165, 1.54) is 0 Å². The maximum absolute atomic E-state index is 6.17. The van der Waals surface area contributed by atoms with Gasteiger partial charge in [0.05, 0.1) is 7.11 Å². The number of rotatable bonds is 4. The first-order valence-corrected chi connectivity index (χ1v) is 5.04. The van der Waals surface area contributed by atoms with Gasteiger partial charge in [-0.05, 0) is 50.2 Å². The van der Waals surface area contributed by atoms with Gasteiger partial charge in [-0.1, -0.05) is 11.6 Å². The fraction of sp³-hybridized carbons (Fsp3) is 0.455. The molecule has 1 aromatic rings. The van der Waals surface area contributed by atoms with Gasteiger partial charge in [-0.15, -0.1) is 0 Å². The van der Waals surface area contributed by atoms with Crippen LogP contribution in [0.5, 0.6) is 5.75 Å². The molecule has 0 saturated heterocycles. The van der Waals surface area contributed by atoms with E-state index in [0.717, 1.165) is 34.9 Å². The van der Waals surface area contributed by atoms with Crippen LogP contribution in [-0.4, -0.2) is 20.7 Å². The summed E-state index contributed by atoms with van der Waals surface area (Å²) in [5.41, 5.74) is 2.20. The summed E-state index contributed by atoms with van der Waals surface area (Å²) in [6.07, 6.45) is 0.924. The van der Waals surface area contributed by atoms with Crippen LogP contribution < -0.4 is 10.1 Å². The van der Waals surface area contributed by atoms with Gasteiger partial charge in [0.25, 0.3) is 0 Å². The number of hydrogen-bond acceptors (Lipinski definition) is 2. The molecule has 0 unspecified atom stereocenters. The first kappa shape index (κ1) is 11.3. The number of nitrogens with one attached hydrogen (secondary N) is 1. The number of aryl methyl sites for hydroxylation is 1. The van der Waals surface area contributed by atoms with E-state index in [9.17, 15) is 0 Å². The maximum Gasteiger partial charge on any atom is 0.119 e. The van der Waals surface area contributed by atoms with Gasteiger partial charge in [0, 0.05) is 5.02 Å². The van der Waals surface area contributed by atoms with Crippen molar-refractivity contribution in [1.29, 1.82) is 0 Å². The Morgan fingerprint density at radius 2 is 2.14 bits per heavy atom. The first-order chi connectivity index (χ1) is 6.69. The van der Waals surface area contributed by atoms with Gasteiger partial charge < -0.3 is 10.1 Å². The molecule has 0 aliphatic carbocycles. The van der Waals surface area contributed by atoms with Crippen LogP contribution in [-0.2, 0) is 6.42 Å². The monoisotopic (exact) mass is 213 g/mol. The lowest BCUT2D eigenvalue weighted by molar-refractivity contribution is 0.414. The SMILES string of the molecule is CNCCc1cc(OC)cc(C)c1Cl. The van der Waals surface area contributed by atoms with E-state index in [2.05, 4.69) is 5.32 Å². The number of ether oxygens (including phenoxy) is 1. The molecule has 1 N–H and O–H groups in total. The van der Waals surface area contributed by atoms with Crippen molar-refractivity contribution in [2.45, 2.75) is 13.3 Å². The van der Waals surface area contributed by atoms with Gasteiger partial charge in [0.15, 0.2) is 0 Å².